The monoisotopic (exact) mass is 401 g/mol. The zero-order valence-corrected chi connectivity index (χ0v) is 17.7. The van der Waals surface area contributed by atoms with Crippen molar-refractivity contribution in [2.45, 2.75) is 46.3 Å². The molecule has 0 aromatic heterocycles. The van der Waals surface area contributed by atoms with Crippen molar-refractivity contribution in [2.75, 3.05) is 25.7 Å². The number of ether oxygens (including phenoxy) is 3. The number of unbranched alkanes of at least 4 members (excludes halogenated alkanes) is 2. The Morgan fingerprint density at radius 2 is 1.72 bits per heavy atom. The van der Waals surface area contributed by atoms with Gasteiger partial charge in [0.25, 0.3) is 0 Å². The molecule has 0 saturated carbocycles. The van der Waals surface area contributed by atoms with E-state index in [9.17, 15) is 9.90 Å². The number of hydrogen-bond acceptors (Lipinski definition) is 5. The largest absolute Gasteiger partial charge is 0.493 e. The second-order valence-electron chi connectivity index (χ2n) is 6.82. The van der Waals surface area contributed by atoms with Gasteiger partial charge in [0.1, 0.15) is 0 Å². The Kier molecular flexibility index (Phi) is 8.80. The third kappa shape index (κ3) is 6.12. The van der Waals surface area contributed by atoms with E-state index < -0.39 is 0 Å². The molecule has 0 saturated heterocycles. The van der Waals surface area contributed by atoms with Crippen molar-refractivity contribution in [1.82, 2.24) is 0 Å². The van der Waals surface area contributed by atoms with E-state index in [0.717, 1.165) is 36.1 Å². The van der Waals surface area contributed by atoms with Crippen molar-refractivity contribution in [3.05, 3.63) is 47.5 Å². The molecule has 0 aliphatic carbocycles. The molecular formula is C23H31NO5. The molecule has 1 amide bonds. The van der Waals surface area contributed by atoms with Gasteiger partial charge in [-0.05, 0) is 41.8 Å². The predicted octanol–water partition coefficient (Wildman–Crippen LogP) is 4.32. The molecule has 0 heterocycles. The Balaban J connectivity index is 2.31. The summed E-state index contributed by atoms with van der Waals surface area (Å²) in [7, 11) is 3.18. The highest BCUT2D eigenvalue weighted by Gasteiger charge is 2.18. The van der Waals surface area contributed by atoms with Gasteiger partial charge >= 0.3 is 0 Å². The van der Waals surface area contributed by atoms with E-state index in [2.05, 4.69) is 6.92 Å². The maximum absolute atomic E-state index is 12.3. The Labute approximate surface area is 173 Å². The summed E-state index contributed by atoms with van der Waals surface area (Å²) >= 11 is 0. The Morgan fingerprint density at radius 3 is 2.28 bits per heavy atom. The number of methoxy groups -OCH3 is 2. The van der Waals surface area contributed by atoms with Crippen molar-refractivity contribution in [1.29, 1.82) is 0 Å². The van der Waals surface area contributed by atoms with Crippen LogP contribution in [-0.2, 0) is 17.9 Å². The lowest BCUT2D eigenvalue weighted by molar-refractivity contribution is -0.116. The van der Waals surface area contributed by atoms with Gasteiger partial charge in [-0.25, -0.2) is 0 Å². The molecule has 0 aliphatic heterocycles. The minimum atomic E-state index is -0.0992. The molecule has 6 heteroatoms. The summed E-state index contributed by atoms with van der Waals surface area (Å²) in [6, 6.07) is 11.0. The Bertz CT molecular complexity index is 781. The van der Waals surface area contributed by atoms with E-state index in [0.29, 0.717) is 30.4 Å². The number of aliphatic hydroxyl groups excluding tert-OH is 1. The molecule has 0 radical (unpaired) electrons. The highest BCUT2D eigenvalue weighted by Crippen LogP contribution is 2.39. The fourth-order valence-corrected chi connectivity index (χ4v) is 3.08. The van der Waals surface area contributed by atoms with Crippen molar-refractivity contribution in [3.8, 4) is 17.2 Å². The van der Waals surface area contributed by atoms with Gasteiger partial charge < -0.3 is 24.2 Å². The fraction of sp³-hybridized carbons (Fsp3) is 0.435. The van der Waals surface area contributed by atoms with Crippen LogP contribution in [0.5, 0.6) is 17.2 Å². The van der Waals surface area contributed by atoms with Gasteiger partial charge in [0, 0.05) is 12.6 Å². The highest BCUT2D eigenvalue weighted by molar-refractivity contribution is 5.91. The first-order valence-electron chi connectivity index (χ1n) is 9.89. The lowest BCUT2D eigenvalue weighted by atomic mass is 10.1. The second-order valence-corrected chi connectivity index (χ2v) is 6.82. The average Bonchev–Trinajstić information content (AvgIpc) is 2.74. The lowest BCUT2D eigenvalue weighted by Crippen LogP contribution is -2.28. The number of aliphatic hydroxyl groups is 1. The van der Waals surface area contributed by atoms with Crippen LogP contribution in [0.25, 0.3) is 0 Å². The first kappa shape index (κ1) is 22.6. The highest BCUT2D eigenvalue weighted by atomic mass is 16.5. The number of hydrogen-bond donors (Lipinski definition) is 1. The van der Waals surface area contributed by atoms with Crippen LogP contribution < -0.4 is 19.1 Å². The van der Waals surface area contributed by atoms with E-state index in [1.54, 1.807) is 25.2 Å². The normalized spacial score (nSPS) is 10.5. The molecule has 0 fully saturated rings. The molecule has 2 aromatic rings. The van der Waals surface area contributed by atoms with E-state index in [4.69, 9.17) is 14.2 Å². The van der Waals surface area contributed by atoms with E-state index >= 15 is 0 Å². The first-order valence-corrected chi connectivity index (χ1v) is 9.89. The molecule has 29 heavy (non-hydrogen) atoms. The van der Waals surface area contributed by atoms with Gasteiger partial charge in [0.2, 0.25) is 11.7 Å². The predicted molar refractivity (Wildman–Crippen MR) is 114 cm³/mol. The van der Waals surface area contributed by atoms with Crippen LogP contribution in [0.15, 0.2) is 36.4 Å². The summed E-state index contributed by atoms with van der Waals surface area (Å²) in [6.45, 7) is 4.52. The third-order valence-electron chi connectivity index (χ3n) is 4.64. The number of amides is 1. The van der Waals surface area contributed by atoms with Gasteiger partial charge in [-0.15, -0.1) is 0 Å². The van der Waals surface area contributed by atoms with E-state index in [1.165, 1.54) is 6.92 Å². The van der Waals surface area contributed by atoms with Crippen LogP contribution in [0.4, 0.5) is 5.69 Å². The quantitative estimate of drug-likeness (QED) is 0.568. The number of anilines is 1. The minimum Gasteiger partial charge on any atom is -0.493 e. The zero-order chi connectivity index (χ0) is 21.2. The molecular weight excluding hydrogens is 370 g/mol. The lowest BCUT2D eigenvalue weighted by Gasteiger charge is -2.23. The van der Waals surface area contributed by atoms with Crippen LogP contribution >= 0.6 is 0 Å². The third-order valence-corrected chi connectivity index (χ3v) is 4.64. The zero-order valence-electron chi connectivity index (χ0n) is 17.7. The van der Waals surface area contributed by atoms with Crippen LogP contribution in [0.2, 0.25) is 0 Å². The fourth-order valence-electron chi connectivity index (χ4n) is 3.08. The number of rotatable bonds is 11. The molecule has 158 valence electrons. The topological polar surface area (TPSA) is 68.2 Å². The van der Waals surface area contributed by atoms with Crippen molar-refractivity contribution in [3.63, 3.8) is 0 Å². The SMILES string of the molecule is CCCCCOc1c(OC)cc(CN(C(C)=O)c2cccc(CO)c2)cc1OC. The Morgan fingerprint density at radius 1 is 1.03 bits per heavy atom. The van der Waals surface area contributed by atoms with Gasteiger partial charge in [-0.2, -0.15) is 0 Å². The summed E-state index contributed by atoms with van der Waals surface area (Å²) in [5, 5.41) is 9.39. The van der Waals surface area contributed by atoms with Crippen LogP contribution in [0.1, 0.15) is 44.2 Å². The van der Waals surface area contributed by atoms with Gasteiger partial charge in [0.05, 0.1) is 34.0 Å². The van der Waals surface area contributed by atoms with Crippen molar-refractivity contribution >= 4 is 11.6 Å². The molecule has 6 nitrogen and oxygen atoms in total. The molecule has 0 aliphatic rings. The molecule has 0 unspecified atom stereocenters. The average molecular weight is 402 g/mol. The first-order chi connectivity index (χ1) is 14.0. The Hall–Kier alpha value is -2.73. The molecule has 0 atom stereocenters. The minimum absolute atomic E-state index is 0.0781. The van der Waals surface area contributed by atoms with Crippen LogP contribution in [-0.4, -0.2) is 31.8 Å². The summed E-state index contributed by atoms with van der Waals surface area (Å²) < 4.78 is 17.0. The number of carbonyl (C=O) groups is 1. The number of nitrogens with zero attached hydrogens (tertiary/aromatic N) is 1. The molecule has 0 bridgehead atoms. The van der Waals surface area contributed by atoms with Crippen molar-refractivity contribution in [2.24, 2.45) is 0 Å². The van der Waals surface area contributed by atoms with E-state index in [-0.39, 0.29) is 12.5 Å². The van der Waals surface area contributed by atoms with Gasteiger partial charge in [-0.1, -0.05) is 31.9 Å². The molecule has 2 rings (SSSR count). The number of carbonyl (C=O) groups excluding carboxylic acids is 1. The summed E-state index contributed by atoms with van der Waals surface area (Å²) in [5.41, 5.74) is 2.32. The molecule has 0 spiro atoms. The maximum atomic E-state index is 12.3. The summed E-state index contributed by atoms with van der Waals surface area (Å²) in [6.07, 6.45) is 3.18. The van der Waals surface area contributed by atoms with Crippen molar-refractivity contribution < 1.29 is 24.1 Å². The van der Waals surface area contributed by atoms with Gasteiger partial charge in [0.15, 0.2) is 11.5 Å². The smallest absolute Gasteiger partial charge is 0.224 e. The van der Waals surface area contributed by atoms with Crippen LogP contribution in [0, 0.1) is 0 Å². The standard InChI is InChI=1S/C23H31NO5/c1-5-6-7-11-29-23-21(27-3)13-19(14-22(23)28-4)15-24(17(2)26)20-10-8-9-18(12-20)16-25/h8-10,12-14,25H,5-7,11,15-16H2,1-4H3. The van der Waals surface area contributed by atoms with Crippen LogP contribution in [0.3, 0.4) is 0 Å². The second kappa shape index (κ2) is 11.3. The number of benzene rings is 2. The molecule has 2 aromatic carbocycles. The van der Waals surface area contributed by atoms with Gasteiger partial charge in [-0.3, -0.25) is 4.79 Å². The summed E-state index contributed by atoms with van der Waals surface area (Å²) in [4.78, 5) is 14.0. The molecule has 1 N–H and O–H groups in total. The van der Waals surface area contributed by atoms with E-state index in [1.807, 2.05) is 30.3 Å². The summed E-state index contributed by atoms with van der Waals surface area (Å²) in [5.74, 6) is 1.62. The maximum Gasteiger partial charge on any atom is 0.224 e.